The second-order valence-electron chi connectivity index (χ2n) is 7.57. The lowest BCUT2D eigenvalue weighted by atomic mass is 9.81. The molecular weight excluding hydrogens is 362 g/mol. The molecule has 2 fully saturated rings. The fourth-order valence-electron chi connectivity index (χ4n) is 4.08. The topological polar surface area (TPSA) is 59.0 Å². The van der Waals surface area contributed by atoms with Crippen molar-refractivity contribution in [3.8, 4) is 0 Å². The van der Waals surface area contributed by atoms with Crippen LogP contribution in [0.1, 0.15) is 37.7 Å². The fourth-order valence-corrected chi connectivity index (χ4v) is 5.39. The maximum Gasteiger partial charge on any atom is 0.245 e. The van der Waals surface area contributed by atoms with E-state index in [1.54, 1.807) is 0 Å². The minimum absolute atomic E-state index is 0.211. The lowest BCUT2D eigenvalue weighted by Gasteiger charge is -2.27. The molecule has 1 aromatic rings. The average molecular weight is 394 g/mol. The van der Waals surface area contributed by atoms with E-state index in [0.29, 0.717) is 42.1 Å². The molecule has 3 rings (SSSR count). The van der Waals surface area contributed by atoms with Crippen LogP contribution in [0, 0.1) is 11.8 Å². The third-order valence-electron chi connectivity index (χ3n) is 5.61. The molecule has 4 atom stereocenters. The van der Waals surface area contributed by atoms with Crippen LogP contribution < -0.4 is 0 Å². The van der Waals surface area contributed by atoms with E-state index in [9.17, 15) is 4.79 Å². The van der Waals surface area contributed by atoms with Crippen molar-refractivity contribution in [2.24, 2.45) is 11.8 Å². The van der Waals surface area contributed by atoms with E-state index in [1.807, 2.05) is 30.0 Å². The third-order valence-corrected chi connectivity index (χ3v) is 6.81. The van der Waals surface area contributed by atoms with Crippen LogP contribution in [0.2, 0.25) is 0 Å². The molecule has 4 unspecified atom stereocenters. The largest absolute Gasteiger partial charge is 0.376 e. The van der Waals surface area contributed by atoms with Gasteiger partial charge in [0.25, 0.3) is 0 Å². The Balaban J connectivity index is 1.35. The highest BCUT2D eigenvalue weighted by molar-refractivity contribution is 7.99. The van der Waals surface area contributed by atoms with E-state index < -0.39 is 0 Å². The number of amides is 1. The number of hydrogen-bond donors (Lipinski definition) is 1. The fraction of sp³-hybridized carbons (Fsp3) is 0.667. The number of ether oxygens (including phenoxy) is 2. The number of benzene rings is 1. The van der Waals surface area contributed by atoms with Crippen LogP contribution in [0.15, 0.2) is 30.3 Å². The molecule has 27 heavy (non-hydrogen) atoms. The molecule has 1 N–H and O–H groups in total. The van der Waals surface area contributed by atoms with E-state index in [0.717, 1.165) is 31.0 Å². The van der Waals surface area contributed by atoms with Crippen LogP contribution in [0.5, 0.6) is 0 Å². The molecule has 5 nitrogen and oxygen atoms in total. The van der Waals surface area contributed by atoms with Crippen LogP contribution >= 0.6 is 11.8 Å². The Morgan fingerprint density at radius 1 is 1.22 bits per heavy atom. The summed E-state index contributed by atoms with van der Waals surface area (Å²) in [5, 5.41) is 9.73. The van der Waals surface area contributed by atoms with Gasteiger partial charge in [-0.15, -0.1) is 0 Å². The molecule has 1 amide bonds. The van der Waals surface area contributed by atoms with Gasteiger partial charge in [-0.2, -0.15) is 11.8 Å². The molecule has 2 saturated heterocycles. The van der Waals surface area contributed by atoms with Crippen molar-refractivity contribution in [1.82, 2.24) is 5.06 Å². The number of thioether (sulfide) groups is 1. The van der Waals surface area contributed by atoms with Gasteiger partial charge in [-0.3, -0.25) is 10.0 Å². The minimum atomic E-state index is -0.211. The number of carbonyl (C=O) groups excluding carboxylic acids is 1. The van der Waals surface area contributed by atoms with E-state index in [2.05, 4.69) is 12.1 Å². The molecular formula is C21H31NO4S. The van der Waals surface area contributed by atoms with Crippen LogP contribution in [-0.2, 0) is 20.9 Å². The number of nitrogens with zero attached hydrogens (tertiary/aromatic N) is 1. The van der Waals surface area contributed by atoms with Gasteiger partial charge in [0.15, 0.2) is 0 Å². The van der Waals surface area contributed by atoms with Crippen LogP contribution in [0.25, 0.3) is 0 Å². The second kappa shape index (κ2) is 10.5. The monoisotopic (exact) mass is 393 g/mol. The van der Waals surface area contributed by atoms with Gasteiger partial charge >= 0.3 is 0 Å². The Morgan fingerprint density at radius 3 is 2.70 bits per heavy atom. The van der Waals surface area contributed by atoms with Gasteiger partial charge in [0.05, 0.1) is 25.4 Å². The van der Waals surface area contributed by atoms with Crippen LogP contribution in [0.3, 0.4) is 0 Å². The third kappa shape index (κ3) is 5.95. The Bertz CT molecular complexity index is 583. The first-order chi connectivity index (χ1) is 13.1. The van der Waals surface area contributed by atoms with E-state index in [1.165, 1.54) is 25.5 Å². The summed E-state index contributed by atoms with van der Waals surface area (Å²) in [5.74, 6) is 3.03. The number of rotatable bonds is 11. The predicted octanol–water partition coefficient (Wildman–Crippen LogP) is 3.75. The summed E-state index contributed by atoms with van der Waals surface area (Å²) in [6.07, 6.45) is 5.37. The predicted molar refractivity (Wildman–Crippen MR) is 107 cm³/mol. The summed E-state index contributed by atoms with van der Waals surface area (Å²) in [5.41, 5.74) is 1.22. The highest BCUT2D eigenvalue weighted by atomic mass is 32.2. The number of carbonyl (C=O) groups is 1. The first-order valence-electron chi connectivity index (χ1n) is 9.95. The molecule has 2 aliphatic rings. The van der Waals surface area contributed by atoms with E-state index >= 15 is 0 Å². The molecule has 0 radical (unpaired) electrons. The SMILES string of the molecule is CN(O)C(=O)CCCCSCC1C2CCC(O2)C1COCc1ccccc1. The minimum Gasteiger partial charge on any atom is -0.376 e. The quantitative estimate of drug-likeness (QED) is 0.352. The molecule has 2 heterocycles. The van der Waals surface area contributed by atoms with Crippen LogP contribution in [0.4, 0.5) is 0 Å². The zero-order valence-corrected chi connectivity index (χ0v) is 16.9. The summed E-state index contributed by atoms with van der Waals surface area (Å²) < 4.78 is 12.2. The van der Waals surface area contributed by atoms with E-state index in [-0.39, 0.29) is 5.91 Å². The number of hydroxylamine groups is 2. The standard InChI is InChI=1S/C21H31NO4S/c1-22(24)21(23)9-5-6-12-27-15-18-17(19-10-11-20(18)26-19)14-25-13-16-7-3-2-4-8-16/h2-4,7-8,17-20,24H,5-6,9-15H2,1H3. The summed E-state index contributed by atoms with van der Waals surface area (Å²) in [4.78, 5) is 11.4. The molecule has 2 bridgehead atoms. The first kappa shape index (κ1) is 20.6. The highest BCUT2D eigenvalue weighted by Gasteiger charge is 2.48. The Labute approximate surface area is 166 Å². The van der Waals surface area contributed by atoms with Crippen molar-refractivity contribution < 1.29 is 19.5 Å². The van der Waals surface area contributed by atoms with Gasteiger partial charge in [-0.1, -0.05) is 30.3 Å². The maximum atomic E-state index is 11.4. The molecule has 0 saturated carbocycles. The van der Waals surface area contributed by atoms with Crippen molar-refractivity contribution in [2.45, 2.75) is 50.9 Å². The Hall–Kier alpha value is -1.08. The summed E-state index contributed by atoms with van der Waals surface area (Å²) >= 11 is 1.96. The summed E-state index contributed by atoms with van der Waals surface area (Å²) in [6, 6.07) is 10.3. The van der Waals surface area contributed by atoms with Crippen molar-refractivity contribution in [3.63, 3.8) is 0 Å². The smallest absolute Gasteiger partial charge is 0.245 e. The molecule has 2 aliphatic heterocycles. The van der Waals surface area contributed by atoms with Gasteiger partial charge < -0.3 is 9.47 Å². The van der Waals surface area contributed by atoms with Crippen molar-refractivity contribution in [3.05, 3.63) is 35.9 Å². The average Bonchev–Trinajstić information content (AvgIpc) is 3.27. The van der Waals surface area contributed by atoms with Crippen molar-refractivity contribution in [1.29, 1.82) is 0 Å². The lowest BCUT2D eigenvalue weighted by Crippen LogP contribution is -2.32. The first-order valence-corrected chi connectivity index (χ1v) is 11.1. The van der Waals surface area contributed by atoms with Crippen LogP contribution in [-0.4, -0.2) is 53.5 Å². The normalized spacial score (nSPS) is 26.4. The van der Waals surface area contributed by atoms with Gasteiger partial charge in [0.1, 0.15) is 0 Å². The number of unbranched alkanes of at least 4 members (excludes halogenated alkanes) is 1. The zero-order valence-electron chi connectivity index (χ0n) is 16.1. The molecule has 0 aliphatic carbocycles. The van der Waals surface area contributed by atoms with Gasteiger partial charge in [0.2, 0.25) is 5.91 Å². The van der Waals surface area contributed by atoms with Gasteiger partial charge in [-0.05, 0) is 42.8 Å². The molecule has 150 valence electrons. The Morgan fingerprint density at radius 2 is 1.96 bits per heavy atom. The molecule has 1 aromatic carbocycles. The number of hydrogen-bond acceptors (Lipinski definition) is 5. The molecule has 6 heteroatoms. The molecule has 0 spiro atoms. The summed E-state index contributed by atoms with van der Waals surface area (Å²) in [7, 11) is 1.38. The lowest BCUT2D eigenvalue weighted by molar-refractivity contribution is -0.159. The Kier molecular flexibility index (Phi) is 8.00. The van der Waals surface area contributed by atoms with Gasteiger partial charge in [0, 0.05) is 25.3 Å². The van der Waals surface area contributed by atoms with Crippen molar-refractivity contribution >= 4 is 17.7 Å². The zero-order chi connectivity index (χ0) is 19.1. The molecule has 0 aromatic heterocycles. The summed E-state index contributed by atoms with van der Waals surface area (Å²) in [6.45, 7) is 1.44. The van der Waals surface area contributed by atoms with E-state index in [4.69, 9.17) is 14.7 Å². The maximum absolute atomic E-state index is 11.4. The van der Waals surface area contributed by atoms with Gasteiger partial charge in [-0.25, -0.2) is 5.06 Å². The number of fused-ring (bicyclic) bond motifs is 2. The second-order valence-corrected chi connectivity index (χ2v) is 8.72. The highest BCUT2D eigenvalue weighted by Crippen LogP contribution is 2.45. The van der Waals surface area contributed by atoms with Crippen molar-refractivity contribution in [2.75, 3.05) is 25.2 Å².